The van der Waals surface area contributed by atoms with Crippen molar-refractivity contribution in [2.75, 3.05) is 31.7 Å². The number of nitrogens with zero attached hydrogens (tertiary/aromatic N) is 2. The third-order valence-electron chi connectivity index (χ3n) is 2.74. The number of aliphatic hydroxyl groups excluding tert-OH is 1. The Morgan fingerprint density at radius 3 is 2.72 bits per heavy atom. The monoisotopic (exact) mass is 254 g/mol. The standard InChI is InChI=1S/C12H18N2O4/c1-3-13(6-7-18-2)11-4-5-12(14(16)17)10(8-11)9-15/h4-5,8,15H,3,6-7,9H2,1-2H3. The summed E-state index contributed by atoms with van der Waals surface area (Å²) < 4.78 is 5.01. The van der Waals surface area contributed by atoms with Crippen molar-refractivity contribution in [2.24, 2.45) is 0 Å². The minimum Gasteiger partial charge on any atom is -0.391 e. The van der Waals surface area contributed by atoms with Crippen molar-refractivity contribution in [1.29, 1.82) is 0 Å². The van der Waals surface area contributed by atoms with Crippen LogP contribution in [0, 0.1) is 10.1 Å². The molecule has 6 nitrogen and oxygen atoms in total. The Hall–Kier alpha value is -1.66. The lowest BCUT2D eigenvalue weighted by Crippen LogP contribution is -2.26. The van der Waals surface area contributed by atoms with Crippen LogP contribution in [0.25, 0.3) is 0 Å². The highest BCUT2D eigenvalue weighted by atomic mass is 16.6. The average Bonchev–Trinajstić information content (AvgIpc) is 2.39. The van der Waals surface area contributed by atoms with Gasteiger partial charge in [0.25, 0.3) is 5.69 Å². The molecule has 0 bridgehead atoms. The number of hydrogen-bond acceptors (Lipinski definition) is 5. The lowest BCUT2D eigenvalue weighted by Gasteiger charge is -2.23. The molecule has 0 aliphatic heterocycles. The van der Waals surface area contributed by atoms with Crippen LogP contribution in [0.2, 0.25) is 0 Å². The summed E-state index contributed by atoms with van der Waals surface area (Å²) >= 11 is 0. The topological polar surface area (TPSA) is 75.8 Å². The second kappa shape index (κ2) is 6.93. The molecule has 0 radical (unpaired) electrons. The number of hydrogen-bond donors (Lipinski definition) is 1. The van der Waals surface area contributed by atoms with E-state index in [1.165, 1.54) is 6.07 Å². The molecule has 0 saturated heterocycles. The lowest BCUT2D eigenvalue weighted by atomic mass is 10.1. The van der Waals surface area contributed by atoms with Crippen LogP contribution in [0.15, 0.2) is 18.2 Å². The van der Waals surface area contributed by atoms with E-state index >= 15 is 0 Å². The van der Waals surface area contributed by atoms with E-state index in [1.807, 2.05) is 11.8 Å². The van der Waals surface area contributed by atoms with Gasteiger partial charge in [-0.3, -0.25) is 10.1 Å². The largest absolute Gasteiger partial charge is 0.391 e. The first-order valence-electron chi connectivity index (χ1n) is 5.76. The molecule has 0 heterocycles. The number of likely N-dealkylation sites (N-methyl/N-ethyl adjacent to an activating group) is 1. The van der Waals surface area contributed by atoms with Gasteiger partial charge in [0.15, 0.2) is 0 Å². The summed E-state index contributed by atoms with van der Waals surface area (Å²) in [5.74, 6) is 0. The SMILES string of the molecule is CCN(CCOC)c1ccc([N+](=O)[O-])c(CO)c1. The molecule has 0 atom stereocenters. The Morgan fingerprint density at radius 2 is 2.22 bits per heavy atom. The summed E-state index contributed by atoms with van der Waals surface area (Å²) in [5.41, 5.74) is 1.13. The molecule has 0 fully saturated rings. The molecule has 1 N–H and O–H groups in total. The first kappa shape index (κ1) is 14.4. The number of nitro groups is 1. The summed E-state index contributed by atoms with van der Waals surface area (Å²) in [4.78, 5) is 12.3. The lowest BCUT2D eigenvalue weighted by molar-refractivity contribution is -0.385. The van der Waals surface area contributed by atoms with Gasteiger partial charge < -0.3 is 14.7 Å². The van der Waals surface area contributed by atoms with E-state index in [0.717, 1.165) is 12.2 Å². The fourth-order valence-corrected chi connectivity index (χ4v) is 1.74. The molecule has 1 rings (SSSR count). The van der Waals surface area contributed by atoms with E-state index in [2.05, 4.69) is 0 Å². The van der Waals surface area contributed by atoms with Crippen molar-refractivity contribution in [3.8, 4) is 0 Å². The minimum absolute atomic E-state index is 0.0518. The number of ether oxygens (including phenoxy) is 1. The number of methoxy groups -OCH3 is 1. The Balaban J connectivity index is 2.99. The maximum Gasteiger partial charge on any atom is 0.275 e. The summed E-state index contributed by atoms with van der Waals surface area (Å²) in [6.07, 6.45) is 0. The summed E-state index contributed by atoms with van der Waals surface area (Å²) in [7, 11) is 1.63. The van der Waals surface area contributed by atoms with Gasteiger partial charge in [0, 0.05) is 32.0 Å². The third kappa shape index (κ3) is 3.41. The number of anilines is 1. The van der Waals surface area contributed by atoms with Crippen molar-refractivity contribution >= 4 is 11.4 Å². The van der Waals surface area contributed by atoms with Gasteiger partial charge in [-0.2, -0.15) is 0 Å². The van der Waals surface area contributed by atoms with Crippen molar-refractivity contribution in [3.63, 3.8) is 0 Å². The van der Waals surface area contributed by atoms with Crippen LogP contribution < -0.4 is 4.90 Å². The van der Waals surface area contributed by atoms with E-state index in [9.17, 15) is 15.2 Å². The van der Waals surface area contributed by atoms with E-state index in [0.29, 0.717) is 18.7 Å². The molecule has 0 aromatic heterocycles. The van der Waals surface area contributed by atoms with Crippen molar-refractivity contribution in [3.05, 3.63) is 33.9 Å². The highest BCUT2D eigenvalue weighted by Gasteiger charge is 2.15. The van der Waals surface area contributed by atoms with Crippen LogP contribution in [-0.4, -0.2) is 36.8 Å². The van der Waals surface area contributed by atoms with Crippen LogP contribution in [0.3, 0.4) is 0 Å². The van der Waals surface area contributed by atoms with Crippen molar-refractivity contribution in [1.82, 2.24) is 0 Å². The Labute approximate surface area is 106 Å². The molecular formula is C12H18N2O4. The van der Waals surface area contributed by atoms with Gasteiger partial charge in [-0.15, -0.1) is 0 Å². The molecule has 0 amide bonds. The second-order valence-corrected chi connectivity index (χ2v) is 3.80. The van der Waals surface area contributed by atoms with Gasteiger partial charge >= 0.3 is 0 Å². The zero-order valence-corrected chi connectivity index (χ0v) is 10.6. The summed E-state index contributed by atoms with van der Waals surface area (Å²) in [5, 5.41) is 19.9. The van der Waals surface area contributed by atoms with E-state index in [-0.39, 0.29) is 12.3 Å². The van der Waals surface area contributed by atoms with Crippen LogP contribution in [0.5, 0.6) is 0 Å². The molecule has 6 heteroatoms. The Morgan fingerprint density at radius 1 is 1.50 bits per heavy atom. The van der Waals surface area contributed by atoms with Crippen LogP contribution in [-0.2, 0) is 11.3 Å². The molecule has 0 aliphatic rings. The summed E-state index contributed by atoms with van der Waals surface area (Å²) in [6.45, 7) is 3.71. The third-order valence-corrected chi connectivity index (χ3v) is 2.74. The second-order valence-electron chi connectivity index (χ2n) is 3.80. The summed E-state index contributed by atoms with van der Waals surface area (Å²) in [6, 6.07) is 4.77. The normalized spacial score (nSPS) is 10.4. The molecule has 100 valence electrons. The fourth-order valence-electron chi connectivity index (χ4n) is 1.74. The smallest absolute Gasteiger partial charge is 0.275 e. The number of nitro benzene ring substituents is 1. The average molecular weight is 254 g/mol. The molecule has 0 saturated carbocycles. The zero-order chi connectivity index (χ0) is 13.5. The van der Waals surface area contributed by atoms with Crippen LogP contribution in [0.4, 0.5) is 11.4 Å². The van der Waals surface area contributed by atoms with E-state index < -0.39 is 4.92 Å². The molecule has 18 heavy (non-hydrogen) atoms. The van der Waals surface area contributed by atoms with Gasteiger partial charge in [0.05, 0.1) is 23.7 Å². The van der Waals surface area contributed by atoms with E-state index in [1.54, 1.807) is 19.2 Å². The quantitative estimate of drug-likeness (QED) is 0.590. The maximum absolute atomic E-state index is 10.8. The molecule has 1 aromatic carbocycles. The van der Waals surface area contributed by atoms with E-state index in [4.69, 9.17) is 4.74 Å². The molecule has 0 aliphatic carbocycles. The minimum atomic E-state index is -0.485. The Bertz CT molecular complexity index is 409. The number of benzene rings is 1. The first-order chi connectivity index (χ1) is 8.63. The van der Waals surface area contributed by atoms with Gasteiger partial charge in [0.1, 0.15) is 0 Å². The molecule has 1 aromatic rings. The highest BCUT2D eigenvalue weighted by Crippen LogP contribution is 2.24. The zero-order valence-electron chi connectivity index (χ0n) is 10.6. The van der Waals surface area contributed by atoms with Crippen molar-refractivity contribution in [2.45, 2.75) is 13.5 Å². The highest BCUT2D eigenvalue weighted by molar-refractivity contribution is 5.55. The van der Waals surface area contributed by atoms with Gasteiger partial charge in [-0.05, 0) is 19.1 Å². The fraction of sp³-hybridized carbons (Fsp3) is 0.500. The predicted molar refractivity (Wildman–Crippen MR) is 68.8 cm³/mol. The maximum atomic E-state index is 10.8. The first-order valence-corrected chi connectivity index (χ1v) is 5.76. The van der Waals surface area contributed by atoms with Gasteiger partial charge in [0.2, 0.25) is 0 Å². The van der Waals surface area contributed by atoms with Crippen LogP contribution in [0.1, 0.15) is 12.5 Å². The molecule has 0 spiro atoms. The number of rotatable bonds is 7. The van der Waals surface area contributed by atoms with Crippen LogP contribution >= 0.6 is 0 Å². The van der Waals surface area contributed by atoms with Crippen molar-refractivity contribution < 1.29 is 14.8 Å². The predicted octanol–water partition coefficient (Wildman–Crippen LogP) is 1.56. The van der Waals surface area contributed by atoms with Gasteiger partial charge in [-0.1, -0.05) is 0 Å². The molecular weight excluding hydrogens is 236 g/mol. The van der Waals surface area contributed by atoms with Gasteiger partial charge in [-0.25, -0.2) is 0 Å². The Kier molecular flexibility index (Phi) is 5.54. The number of aliphatic hydroxyl groups is 1. The molecule has 0 unspecified atom stereocenters.